The van der Waals surface area contributed by atoms with Crippen molar-refractivity contribution >= 4 is 0 Å². The molecule has 0 aromatic heterocycles. The Labute approximate surface area is 103 Å². The lowest BCUT2D eigenvalue weighted by Crippen LogP contribution is -2.29. The second kappa shape index (κ2) is 5.50. The zero-order valence-electron chi connectivity index (χ0n) is 11.3. The summed E-state index contributed by atoms with van der Waals surface area (Å²) in [5.74, 6) is 0.326. The molecule has 1 aromatic rings. The van der Waals surface area contributed by atoms with Crippen LogP contribution in [-0.4, -0.2) is 13.7 Å². The van der Waals surface area contributed by atoms with Gasteiger partial charge >= 0.3 is 0 Å². The van der Waals surface area contributed by atoms with E-state index in [4.69, 9.17) is 4.74 Å². The van der Waals surface area contributed by atoms with Gasteiger partial charge in [-0.3, -0.25) is 0 Å². The number of rotatable bonds is 4. The highest BCUT2D eigenvalue weighted by atomic mass is 19.1. The summed E-state index contributed by atoms with van der Waals surface area (Å²) in [5, 5.41) is 3.34. The zero-order chi connectivity index (χ0) is 13.1. The van der Waals surface area contributed by atoms with E-state index in [9.17, 15) is 4.39 Å². The quantitative estimate of drug-likeness (QED) is 0.868. The molecule has 0 aliphatic rings. The monoisotopic (exact) mass is 239 g/mol. The molecule has 2 nitrogen and oxygen atoms in total. The molecule has 0 spiro atoms. The number of halogens is 1. The Morgan fingerprint density at radius 3 is 2.47 bits per heavy atom. The summed E-state index contributed by atoms with van der Waals surface area (Å²) in [7, 11) is 1.54. The highest BCUT2D eigenvalue weighted by Crippen LogP contribution is 2.22. The van der Waals surface area contributed by atoms with Gasteiger partial charge in [0.05, 0.1) is 7.11 Å². The molecule has 0 saturated heterocycles. The number of benzene rings is 1. The first-order chi connectivity index (χ1) is 7.83. The van der Waals surface area contributed by atoms with Gasteiger partial charge in [0, 0.05) is 24.2 Å². The Balaban J connectivity index is 2.72. The first kappa shape index (κ1) is 14.0. The van der Waals surface area contributed by atoms with Crippen LogP contribution in [0.15, 0.2) is 18.2 Å². The standard InChI is InChI=1S/C14H22FNO/c1-10(16-9-14(2,3)4)12-7-6-11(17-5)8-13(12)15/h6-8,10,16H,9H2,1-5H3. The van der Waals surface area contributed by atoms with E-state index in [0.717, 1.165) is 6.54 Å². The van der Waals surface area contributed by atoms with Gasteiger partial charge in [-0.1, -0.05) is 26.8 Å². The first-order valence-electron chi connectivity index (χ1n) is 5.90. The summed E-state index contributed by atoms with van der Waals surface area (Å²) >= 11 is 0. The summed E-state index contributed by atoms with van der Waals surface area (Å²) in [6, 6.07) is 4.98. The van der Waals surface area contributed by atoms with Crippen molar-refractivity contribution in [2.75, 3.05) is 13.7 Å². The maximum absolute atomic E-state index is 13.8. The average molecular weight is 239 g/mol. The van der Waals surface area contributed by atoms with Gasteiger partial charge < -0.3 is 10.1 Å². The largest absolute Gasteiger partial charge is 0.497 e. The van der Waals surface area contributed by atoms with Gasteiger partial charge in [0.15, 0.2) is 0 Å². The lowest BCUT2D eigenvalue weighted by Gasteiger charge is -2.23. The van der Waals surface area contributed by atoms with E-state index in [0.29, 0.717) is 11.3 Å². The van der Waals surface area contributed by atoms with Crippen LogP contribution in [0.1, 0.15) is 39.3 Å². The normalized spacial score (nSPS) is 13.5. The molecule has 0 heterocycles. The number of hydrogen-bond donors (Lipinski definition) is 1. The van der Waals surface area contributed by atoms with E-state index in [1.54, 1.807) is 12.1 Å². The molecule has 0 fully saturated rings. The molecule has 0 saturated carbocycles. The molecule has 96 valence electrons. The van der Waals surface area contributed by atoms with Crippen molar-refractivity contribution in [3.8, 4) is 5.75 Å². The predicted octanol–water partition coefficient (Wildman–Crippen LogP) is 3.53. The zero-order valence-corrected chi connectivity index (χ0v) is 11.3. The van der Waals surface area contributed by atoms with E-state index in [1.165, 1.54) is 13.2 Å². The first-order valence-corrected chi connectivity index (χ1v) is 5.90. The van der Waals surface area contributed by atoms with Gasteiger partial charge in [0.25, 0.3) is 0 Å². The molecular formula is C14H22FNO. The molecule has 0 bridgehead atoms. The molecule has 0 amide bonds. The molecule has 1 atom stereocenters. The van der Waals surface area contributed by atoms with Gasteiger partial charge in [0.2, 0.25) is 0 Å². The Hall–Kier alpha value is -1.09. The van der Waals surface area contributed by atoms with E-state index >= 15 is 0 Å². The maximum atomic E-state index is 13.8. The highest BCUT2D eigenvalue weighted by Gasteiger charge is 2.15. The lowest BCUT2D eigenvalue weighted by molar-refractivity contribution is 0.355. The van der Waals surface area contributed by atoms with Gasteiger partial charge in [0.1, 0.15) is 11.6 Å². The van der Waals surface area contributed by atoms with Crippen molar-refractivity contribution in [3.05, 3.63) is 29.6 Å². The third-order valence-electron chi connectivity index (χ3n) is 2.61. The minimum atomic E-state index is -0.224. The van der Waals surface area contributed by atoms with Crippen molar-refractivity contribution in [2.45, 2.75) is 33.7 Å². The fourth-order valence-electron chi connectivity index (χ4n) is 1.56. The second-order valence-corrected chi connectivity index (χ2v) is 5.55. The third kappa shape index (κ3) is 4.35. The predicted molar refractivity (Wildman–Crippen MR) is 68.8 cm³/mol. The molecule has 17 heavy (non-hydrogen) atoms. The van der Waals surface area contributed by atoms with E-state index < -0.39 is 0 Å². The Kier molecular flexibility index (Phi) is 4.52. The summed E-state index contributed by atoms with van der Waals surface area (Å²) in [6.07, 6.45) is 0. The van der Waals surface area contributed by atoms with Crippen LogP contribution >= 0.6 is 0 Å². The summed E-state index contributed by atoms with van der Waals surface area (Å²) in [4.78, 5) is 0. The van der Waals surface area contributed by atoms with Crippen molar-refractivity contribution in [2.24, 2.45) is 5.41 Å². The summed E-state index contributed by atoms with van der Waals surface area (Å²) in [5.41, 5.74) is 0.868. The van der Waals surface area contributed by atoms with Crippen LogP contribution in [0.25, 0.3) is 0 Å². The average Bonchev–Trinajstić information content (AvgIpc) is 2.24. The molecule has 1 unspecified atom stereocenters. The van der Waals surface area contributed by atoms with Gasteiger partial charge in [-0.2, -0.15) is 0 Å². The molecule has 1 rings (SSSR count). The number of ether oxygens (including phenoxy) is 1. The summed E-state index contributed by atoms with van der Waals surface area (Å²) < 4.78 is 18.8. The maximum Gasteiger partial charge on any atom is 0.131 e. The van der Waals surface area contributed by atoms with Crippen LogP contribution in [-0.2, 0) is 0 Å². The van der Waals surface area contributed by atoms with Crippen LogP contribution in [0.4, 0.5) is 4.39 Å². The van der Waals surface area contributed by atoms with E-state index in [1.807, 2.05) is 6.92 Å². The Morgan fingerprint density at radius 2 is 2.00 bits per heavy atom. The van der Waals surface area contributed by atoms with Crippen LogP contribution in [0.3, 0.4) is 0 Å². The Morgan fingerprint density at radius 1 is 1.35 bits per heavy atom. The number of methoxy groups -OCH3 is 1. The number of hydrogen-bond acceptors (Lipinski definition) is 2. The van der Waals surface area contributed by atoms with Crippen molar-refractivity contribution in [1.82, 2.24) is 5.32 Å². The molecule has 0 aliphatic heterocycles. The molecular weight excluding hydrogens is 217 g/mol. The van der Waals surface area contributed by atoms with E-state index in [-0.39, 0.29) is 17.3 Å². The molecule has 1 aromatic carbocycles. The fraction of sp³-hybridized carbons (Fsp3) is 0.571. The fourth-order valence-corrected chi connectivity index (χ4v) is 1.56. The smallest absolute Gasteiger partial charge is 0.131 e. The van der Waals surface area contributed by atoms with Gasteiger partial charge in [-0.05, 0) is 18.4 Å². The van der Waals surface area contributed by atoms with Crippen LogP contribution in [0.5, 0.6) is 5.75 Å². The Bertz CT molecular complexity index is 371. The van der Waals surface area contributed by atoms with Gasteiger partial charge in [-0.25, -0.2) is 4.39 Å². The highest BCUT2D eigenvalue weighted by molar-refractivity contribution is 5.30. The molecule has 3 heteroatoms. The van der Waals surface area contributed by atoms with Crippen molar-refractivity contribution in [3.63, 3.8) is 0 Å². The molecule has 0 aliphatic carbocycles. The van der Waals surface area contributed by atoms with Crippen LogP contribution in [0, 0.1) is 11.2 Å². The van der Waals surface area contributed by atoms with Gasteiger partial charge in [-0.15, -0.1) is 0 Å². The second-order valence-electron chi connectivity index (χ2n) is 5.55. The topological polar surface area (TPSA) is 21.3 Å². The minimum Gasteiger partial charge on any atom is -0.497 e. The van der Waals surface area contributed by atoms with Crippen molar-refractivity contribution < 1.29 is 9.13 Å². The summed E-state index contributed by atoms with van der Waals surface area (Å²) in [6.45, 7) is 9.27. The third-order valence-corrected chi connectivity index (χ3v) is 2.61. The number of nitrogens with one attached hydrogen (secondary N) is 1. The SMILES string of the molecule is COc1ccc(C(C)NCC(C)(C)C)c(F)c1. The van der Waals surface area contributed by atoms with Crippen LogP contribution < -0.4 is 10.1 Å². The van der Waals surface area contributed by atoms with Crippen LogP contribution in [0.2, 0.25) is 0 Å². The lowest BCUT2D eigenvalue weighted by atomic mass is 9.96. The minimum absolute atomic E-state index is 0.000121. The molecule has 1 N–H and O–H groups in total. The van der Waals surface area contributed by atoms with E-state index in [2.05, 4.69) is 26.1 Å². The van der Waals surface area contributed by atoms with Crippen molar-refractivity contribution in [1.29, 1.82) is 0 Å². The molecule has 0 radical (unpaired) electrons.